The van der Waals surface area contributed by atoms with Crippen LogP contribution in [0.3, 0.4) is 0 Å². The van der Waals surface area contributed by atoms with Crippen molar-refractivity contribution in [3.8, 4) is 0 Å². The number of carbonyl (C=O) groups is 2. The molecule has 1 atom stereocenters. The lowest BCUT2D eigenvalue weighted by Gasteiger charge is -2.13. The highest BCUT2D eigenvalue weighted by molar-refractivity contribution is 6.42. The molecule has 0 aliphatic heterocycles. The zero-order valence-corrected chi connectivity index (χ0v) is 13.9. The summed E-state index contributed by atoms with van der Waals surface area (Å²) in [5.41, 5.74) is 1.20. The van der Waals surface area contributed by atoms with Gasteiger partial charge in [-0.2, -0.15) is 0 Å². The van der Waals surface area contributed by atoms with Gasteiger partial charge in [-0.15, -0.1) is 0 Å². The van der Waals surface area contributed by atoms with Gasteiger partial charge in [-0.25, -0.2) is 4.79 Å². The van der Waals surface area contributed by atoms with Gasteiger partial charge in [-0.1, -0.05) is 47.5 Å². The zero-order chi connectivity index (χ0) is 16.8. The second-order valence-electron chi connectivity index (χ2n) is 4.92. The second-order valence-corrected chi connectivity index (χ2v) is 5.73. The Labute approximate surface area is 144 Å². The van der Waals surface area contributed by atoms with E-state index < -0.39 is 12.0 Å². The third-order valence-electron chi connectivity index (χ3n) is 3.10. The minimum absolute atomic E-state index is 0.0568. The van der Waals surface area contributed by atoms with Crippen molar-refractivity contribution in [2.75, 3.05) is 0 Å². The molecule has 0 spiro atoms. The van der Waals surface area contributed by atoms with Gasteiger partial charge in [-0.05, 0) is 36.8 Å². The molecule has 2 aromatic carbocycles. The Hall–Kier alpha value is -2.04. The first-order valence-electron chi connectivity index (χ1n) is 6.94. The number of hydrogen-bond donors (Lipinski definition) is 1. The maximum Gasteiger partial charge on any atom is 0.328 e. The van der Waals surface area contributed by atoms with E-state index in [2.05, 4.69) is 5.32 Å². The molecule has 0 unspecified atom stereocenters. The predicted octanol–water partition coefficient (Wildman–Crippen LogP) is 3.86. The van der Waals surface area contributed by atoms with Gasteiger partial charge in [0.05, 0.1) is 10.0 Å². The first-order chi connectivity index (χ1) is 11.0. The highest BCUT2D eigenvalue weighted by Crippen LogP contribution is 2.22. The molecule has 0 radical (unpaired) electrons. The van der Waals surface area contributed by atoms with Gasteiger partial charge in [-0.3, -0.25) is 4.79 Å². The maximum atomic E-state index is 12.0. The van der Waals surface area contributed by atoms with Crippen molar-refractivity contribution in [2.45, 2.75) is 19.6 Å². The minimum Gasteiger partial charge on any atom is -0.459 e. The fourth-order valence-corrected chi connectivity index (χ4v) is 2.16. The van der Waals surface area contributed by atoms with Crippen molar-refractivity contribution >= 4 is 35.1 Å². The molecule has 0 saturated carbocycles. The molecule has 0 bridgehead atoms. The van der Waals surface area contributed by atoms with E-state index in [0.717, 1.165) is 0 Å². The number of ether oxygens (including phenoxy) is 1. The van der Waals surface area contributed by atoms with Crippen LogP contribution in [-0.2, 0) is 16.1 Å². The Morgan fingerprint density at radius 1 is 1.09 bits per heavy atom. The number of carbonyl (C=O) groups excluding carboxylic acids is 2. The summed E-state index contributed by atoms with van der Waals surface area (Å²) in [6.07, 6.45) is 0. The molecule has 0 saturated heterocycles. The summed E-state index contributed by atoms with van der Waals surface area (Å²) in [6, 6.07) is 12.9. The summed E-state index contributed by atoms with van der Waals surface area (Å²) in [5.74, 6) is -0.857. The van der Waals surface area contributed by atoms with Crippen molar-refractivity contribution in [2.24, 2.45) is 0 Å². The summed E-state index contributed by atoms with van der Waals surface area (Å²) in [5, 5.41) is 3.42. The Balaban J connectivity index is 1.87. The molecule has 0 aliphatic rings. The number of benzene rings is 2. The van der Waals surface area contributed by atoms with Crippen LogP contribution in [0.1, 0.15) is 22.8 Å². The van der Waals surface area contributed by atoms with Gasteiger partial charge in [0.2, 0.25) is 0 Å². The normalized spacial score (nSPS) is 11.6. The Morgan fingerprint density at radius 2 is 1.78 bits per heavy atom. The van der Waals surface area contributed by atoms with Crippen molar-refractivity contribution in [1.82, 2.24) is 5.32 Å². The Morgan fingerprint density at radius 3 is 2.43 bits per heavy atom. The number of amides is 1. The summed E-state index contributed by atoms with van der Waals surface area (Å²) < 4.78 is 5.17. The Kier molecular flexibility index (Phi) is 6.02. The third-order valence-corrected chi connectivity index (χ3v) is 3.84. The SMILES string of the molecule is C[C@@H](NC(=O)c1ccccc1)C(=O)OCc1ccc(Cl)c(Cl)c1. The molecular weight excluding hydrogens is 337 g/mol. The molecule has 0 aliphatic carbocycles. The van der Waals surface area contributed by atoms with Crippen molar-refractivity contribution < 1.29 is 14.3 Å². The molecule has 4 nitrogen and oxygen atoms in total. The number of rotatable bonds is 5. The van der Waals surface area contributed by atoms with E-state index >= 15 is 0 Å². The molecule has 120 valence electrons. The van der Waals surface area contributed by atoms with Gasteiger partial charge in [0.25, 0.3) is 5.91 Å². The largest absolute Gasteiger partial charge is 0.459 e. The van der Waals surface area contributed by atoms with E-state index in [0.29, 0.717) is 21.2 Å². The summed E-state index contributed by atoms with van der Waals surface area (Å²) in [4.78, 5) is 23.9. The quantitative estimate of drug-likeness (QED) is 0.832. The van der Waals surface area contributed by atoms with Crippen LogP contribution in [0.15, 0.2) is 48.5 Å². The van der Waals surface area contributed by atoms with E-state index in [1.165, 1.54) is 0 Å². The van der Waals surface area contributed by atoms with Crippen molar-refractivity contribution in [1.29, 1.82) is 0 Å². The molecule has 0 aromatic heterocycles. The number of esters is 1. The molecular formula is C17H15Cl2NO3. The summed E-state index contributed by atoms with van der Waals surface area (Å²) in [6.45, 7) is 1.62. The third kappa shape index (κ3) is 4.98. The van der Waals surface area contributed by atoms with Gasteiger partial charge >= 0.3 is 5.97 Å². The van der Waals surface area contributed by atoms with Gasteiger partial charge in [0.1, 0.15) is 12.6 Å². The van der Waals surface area contributed by atoms with E-state index in [4.69, 9.17) is 27.9 Å². The number of halogens is 2. The average Bonchev–Trinajstić information content (AvgIpc) is 2.56. The lowest BCUT2D eigenvalue weighted by Crippen LogP contribution is -2.39. The molecule has 23 heavy (non-hydrogen) atoms. The molecule has 1 amide bonds. The van der Waals surface area contributed by atoms with Crippen LogP contribution < -0.4 is 5.32 Å². The van der Waals surface area contributed by atoms with Crippen LogP contribution >= 0.6 is 23.2 Å². The first kappa shape index (κ1) is 17.3. The standard InChI is InChI=1S/C17H15Cl2NO3/c1-11(20-16(21)13-5-3-2-4-6-13)17(22)23-10-12-7-8-14(18)15(19)9-12/h2-9,11H,10H2,1H3,(H,20,21)/t11-/m1/s1. The van der Waals surface area contributed by atoms with Crippen LogP contribution in [0.2, 0.25) is 10.0 Å². The zero-order valence-electron chi connectivity index (χ0n) is 12.4. The van der Waals surface area contributed by atoms with Crippen LogP contribution in [0.5, 0.6) is 0 Å². The molecule has 2 rings (SSSR count). The van der Waals surface area contributed by atoms with E-state index in [1.807, 2.05) is 6.07 Å². The van der Waals surface area contributed by atoms with Crippen molar-refractivity contribution in [3.63, 3.8) is 0 Å². The highest BCUT2D eigenvalue weighted by Gasteiger charge is 2.18. The molecule has 0 heterocycles. The van der Waals surface area contributed by atoms with E-state index in [1.54, 1.807) is 49.4 Å². The molecule has 1 N–H and O–H groups in total. The molecule has 2 aromatic rings. The fourth-order valence-electron chi connectivity index (χ4n) is 1.84. The number of hydrogen-bond acceptors (Lipinski definition) is 3. The highest BCUT2D eigenvalue weighted by atomic mass is 35.5. The van der Waals surface area contributed by atoms with E-state index in [9.17, 15) is 9.59 Å². The summed E-state index contributed by atoms with van der Waals surface area (Å²) in [7, 11) is 0. The Bertz CT molecular complexity index is 704. The smallest absolute Gasteiger partial charge is 0.328 e. The van der Waals surface area contributed by atoms with Gasteiger partial charge in [0.15, 0.2) is 0 Å². The molecule has 6 heteroatoms. The maximum absolute atomic E-state index is 12.0. The first-order valence-corrected chi connectivity index (χ1v) is 7.69. The average molecular weight is 352 g/mol. The van der Waals surface area contributed by atoms with E-state index in [-0.39, 0.29) is 12.5 Å². The lowest BCUT2D eigenvalue weighted by molar-refractivity contribution is -0.146. The fraction of sp³-hybridized carbons (Fsp3) is 0.176. The van der Waals surface area contributed by atoms with Crippen LogP contribution in [-0.4, -0.2) is 17.9 Å². The van der Waals surface area contributed by atoms with Gasteiger partial charge < -0.3 is 10.1 Å². The van der Waals surface area contributed by atoms with Crippen molar-refractivity contribution in [3.05, 3.63) is 69.7 Å². The number of nitrogens with one attached hydrogen (secondary N) is 1. The van der Waals surface area contributed by atoms with Crippen LogP contribution in [0.25, 0.3) is 0 Å². The monoisotopic (exact) mass is 351 g/mol. The van der Waals surface area contributed by atoms with Crippen LogP contribution in [0, 0.1) is 0 Å². The topological polar surface area (TPSA) is 55.4 Å². The summed E-state index contributed by atoms with van der Waals surface area (Å²) >= 11 is 11.7. The van der Waals surface area contributed by atoms with Crippen LogP contribution in [0.4, 0.5) is 0 Å². The predicted molar refractivity (Wildman–Crippen MR) is 89.6 cm³/mol. The lowest BCUT2D eigenvalue weighted by atomic mass is 10.2. The molecule has 0 fully saturated rings. The second kappa shape index (κ2) is 7.99. The van der Waals surface area contributed by atoms with Gasteiger partial charge in [0, 0.05) is 5.56 Å². The minimum atomic E-state index is -0.759.